The van der Waals surface area contributed by atoms with Crippen molar-refractivity contribution < 1.29 is 19.0 Å². The number of ether oxygens (including phenoxy) is 3. The lowest BCUT2D eigenvalue weighted by atomic mass is 10.1. The van der Waals surface area contributed by atoms with Gasteiger partial charge in [-0.3, -0.25) is 10.2 Å². The highest BCUT2D eigenvalue weighted by Crippen LogP contribution is 2.33. The van der Waals surface area contributed by atoms with Crippen molar-refractivity contribution in [2.45, 2.75) is 0 Å². The third kappa shape index (κ3) is 5.02. The van der Waals surface area contributed by atoms with E-state index in [1.807, 2.05) is 18.4 Å². The van der Waals surface area contributed by atoms with Crippen molar-refractivity contribution in [3.63, 3.8) is 0 Å². The average Bonchev–Trinajstić information content (AvgIpc) is 3.24. The first-order valence-corrected chi connectivity index (χ1v) is 12.1. The fourth-order valence-electron chi connectivity index (χ4n) is 3.06. The Morgan fingerprint density at radius 1 is 1.15 bits per heavy atom. The van der Waals surface area contributed by atoms with Crippen LogP contribution >= 0.6 is 35.3 Å². The van der Waals surface area contributed by atoms with Crippen LogP contribution in [0.4, 0.5) is 0 Å². The summed E-state index contributed by atoms with van der Waals surface area (Å²) in [6, 6.07) is 12.5. The van der Waals surface area contributed by atoms with Gasteiger partial charge in [-0.05, 0) is 42.2 Å². The molecule has 1 amide bonds. The van der Waals surface area contributed by atoms with Crippen molar-refractivity contribution in [1.29, 1.82) is 5.41 Å². The third-order valence-corrected chi connectivity index (χ3v) is 6.38. The number of carbonyl (C=O) groups is 1. The van der Waals surface area contributed by atoms with Crippen molar-refractivity contribution in [3.8, 4) is 17.2 Å². The summed E-state index contributed by atoms with van der Waals surface area (Å²) in [4.78, 5) is 18.1. The number of rotatable bonds is 7. The van der Waals surface area contributed by atoms with Crippen LogP contribution in [-0.4, -0.2) is 53.6 Å². The Labute approximate surface area is 204 Å². The molecule has 0 radical (unpaired) electrons. The normalized spacial score (nSPS) is 16.5. The standard InChI is InChI=1S/C22H19ClN4O4S2/c1-29-18-12-13(7-8-17(18)31-10-9-30-16-6-4-3-5-15(16)23)11-14-19(24)27-21(25-20(14)28)33-26-22(27)32-2/h3-8,11-12,24H,9-10H2,1-2H3/b14-11-,24-19?. The fourth-order valence-corrected chi connectivity index (χ4v) is 4.70. The second-order valence-corrected chi connectivity index (χ2v) is 8.56. The van der Waals surface area contributed by atoms with Crippen LogP contribution in [0.25, 0.3) is 6.08 Å². The van der Waals surface area contributed by atoms with Crippen molar-refractivity contribution >= 4 is 63.5 Å². The number of nitrogens with zero attached hydrogens (tertiary/aromatic N) is 3. The maximum atomic E-state index is 12.5. The Balaban J connectivity index is 1.46. The number of thioether (sulfide) groups is 1. The van der Waals surface area contributed by atoms with E-state index in [4.69, 9.17) is 31.2 Å². The number of nitrogens with one attached hydrogen (secondary N) is 1. The molecule has 0 saturated heterocycles. The fraction of sp³-hybridized carbons (Fsp3) is 0.182. The summed E-state index contributed by atoms with van der Waals surface area (Å²) in [6.07, 6.45) is 3.47. The largest absolute Gasteiger partial charge is 0.493 e. The summed E-state index contributed by atoms with van der Waals surface area (Å²) in [5.41, 5.74) is 0.847. The number of methoxy groups -OCH3 is 1. The van der Waals surface area contributed by atoms with Crippen molar-refractivity contribution in [1.82, 2.24) is 4.90 Å². The quantitative estimate of drug-likeness (QED) is 0.331. The van der Waals surface area contributed by atoms with E-state index < -0.39 is 5.91 Å². The Hall–Kier alpha value is -2.95. The molecule has 4 rings (SSSR count). The van der Waals surface area contributed by atoms with Gasteiger partial charge < -0.3 is 14.2 Å². The number of benzene rings is 2. The van der Waals surface area contributed by atoms with Crippen molar-refractivity contribution in [3.05, 3.63) is 58.6 Å². The van der Waals surface area contributed by atoms with Gasteiger partial charge in [-0.25, -0.2) is 4.90 Å². The number of amides is 1. The van der Waals surface area contributed by atoms with Crippen LogP contribution in [0, 0.1) is 5.41 Å². The van der Waals surface area contributed by atoms with Crippen LogP contribution in [0.15, 0.2) is 57.4 Å². The van der Waals surface area contributed by atoms with E-state index >= 15 is 0 Å². The topological polar surface area (TPSA) is 96.6 Å². The van der Waals surface area contributed by atoms with Gasteiger partial charge in [0, 0.05) is 0 Å². The van der Waals surface area contributed by atoms with Crippen LogP contribution in [0.2, 0.25) is 5.02 Å². The summed E-state index contributed by atoms with van der Waals surface area (Å²) >= 11 is 8.56. The molecular weight excluding hydrogens is 484 g/mol. The molecule has 2 aliphatic rings. The minimum absolute atomic E-state index is 0.0408. The molecule has 2 heterocycles. The zero-order chi connectivity index (χ0) is 23.4. The van der Waals surface area contributed by atoms with E-state index in [0.717, 1.165) is 11.9 Å². The minimum Gasteiger partial charge on any atom is -0.493 e. The first-order valence-electron chi connectivity index (χ1n) is 9.72. The number of halogens is 1. The second-order valence-electron chi connectivity index (χ2n) is 6.65. The number of amidine groups is 3. The predicted molar refractivity (Wildman–Crippen MR) is 134 cm³/mol. The Bertz CT molecular complexity index is 1200. The molecule has 0 unspecified atom stereocenters. The molecule has 2 aliphatic heterocycles. The van der Waals surface area contributed by atoms with Gasteiger partial charge >= 0.3 is 0 Å². The number of carbonyl (C=O) groups excluding carboxylic acids is 1. The minimum atomic E-state index is -0.479. The SMILES string of the molecule is COc1cc(/C=C2/C(=N)N3C(SC)=NSC3=NC2=O)ccc1OCCOc1ccccc1Cl. The van der Waals surface area contributed by atoms with E-state index in [9.17, 15) is 4.79 Å². The van der Waals surface area contributed by atoms with E-state index in [2.05, 4.69) is 9.39 Å². The van der Waals surface area contributed by atoms with E-state index in [1.165, 1.54) is 18.9 Å². The maximum absolute atomic E-state index is 12.5. The van der Waals surface area contributed by atoms with Crippen LogP contribution in [-0.2, 0) is 4.79 Å². The molecule has 11 heteroatoms. The smallest absolute Gasteiger partial charge is 0.283 e. The summed E-state index contributed by atoms with van der Waals surface area (Å²) < 4.78 is 21.1. The zero-order valence-electron chi connectivity index (χ0n) is 17.7. The molecule has 0 bridgehead atoms. The van der Waals surface area contributed by atoms with Gasteiger partial charge in [0.05, 0.1) is 29.7 Å². The highest BCUT2D eigenvalue weighted by Gasteiger charge is 2.37. The van der Waals surface area contributed by atoms with Gasteiger partial charge in [0.1, 0.15) is 24.8 Å². The summed E-state index contributed by atoms with van der Waals surface area (Å²) in [5, 5.41) is 10.0. The molecule has 0 fully saturated rings. The molecule has 0 aromatic heterocycles. The molecule has 0 atom stereocenters. The van der Waals surface area contributed by atoms with Gasteiger partial charge in [0.25, 0.3) is 5.91 Å². The zero-order valence-corrected chi connectivity index (χ0v) is 20.1. The highest BCUT2D eigenvalue weighted by molar-refractivity contribution is 8.18. The molecule has 8 nitrogen and oxygen atoms in total. The Morgan fingerprint density at radius 2 is 1.91 bits per heavy atom. The third-order valence-electron chi connectivity index (χ3n) is 4.61. The predicted octanol–water partition coefficient (Wildman–Crippen LogP) is 4.75. The van der Waals surface area contributed by atoms with Crippen LogP contribution in [0.3, 0.4) is 0 Å². The lowest BCUT2D eigenvalue weighted by Crippen LogP contribution is -2.41. The molecule has 2 aromatic rings. The molecule has 0 aliphatic carbocycles. The molecular formula is C22H19ClN4O4S2. The first-order chi connectivity index (χ1) is 16.0. The molecule has 0 saturated carbocycles. The maximum Gasteiger partial charge on any atom is 0.283 e. The lowest BCUT2D eigenvalue weighted by molar-refractivity contribution is -0.114. The monoisotopic (exact) mass is 502 g/mol. The number of para-hydroxylation sites is 1. The highest BCUT2D eigenvalue weighted by atomic mass is 35.5. The van der Waals surface area contributed by atoms with Crippen LogP contribution in [0.1, 0.15) is 5.56 Å². The second kappa shape index (κ2) is 10.3. The van der Waals surface area contributed by atoms with Crippen molar-refractivity contribution in [2.75, 3.05) is 26.6 Å². The number of hydrogen-bond donors (Lipinski definition) is 1. The number of hydrogen-bond acceptors (Lipinski definition) is 8. The van der Waals surface area contributed by atoms with Crippen LogP contribution < -0.4 is 14.2 Å². The Kier molecular flexibility index (Phi) is 7.26. The van der Waals surface area contributed by atoms with Gasteiger partial charge in [-0.1, -0.05) is 41.6 Å². The summed E-state index contributed by atoms with van der Waals surface area (Å²) in [6.45, 7) is 0.587. The van der Waals surface area contributed by atoms with E-state index in [0.29, 0.717) is 44.8 Å². The van der Waals surface area contributed by atoms with Gasteiger partial charge in [0.15, 0.2) is 16.7 Å². The molecule has 0 spiro atoms. The van der Waals surface area contributed by atoms with Gasteiger partial charge in [-0.15, -0.1) is 0 Å². The number of aliphatic imine (C=N–C) groups is 1. The average molecular weight is 503 g/mol. The van der Waals surface area contributed by atoms with E-state index in [1.54, 1.807) is 41.3 Å². The first kappa shape index (κ1) is 23.2. The Morgan fingerprint density at radius 3 is 2.64 bits per heavy atom. The molecule has 2 aromatic carbocycles. The lowest BCUT2D eigenvalue weighted by Gasteiger charge is -2.23. The summed E-state index contributed by atoms with van der Waals surface area (Å²) in [5.74, 6) is 1.17. The van der Waals surface area contributed by atoms with E-state index in [-0.39, 0.29) is 18.0 Å². The van der Waals surface area contributed by atoms with Crippen LogP contribution in [0.5, 0.6) is 17.2 Å². The number of fused-ring (bicyclic) bond motifs is 1. The molecule has 1 N–H and O–H groups in total. The summed E-state index contributed by atoms with van der Waals surface area (Å²) in [7, 11) is 1.53. The van der Waals surface area contributed by atoms with Gasteiger partial charge in [-0.2, -0.15) is 9.39 Å². The molecule has 33 heavy (non-hydrogen) atoms. The van der Waals surface area contributed by atoms with Gasteiger partial charge in [0.2, 0.25) is 5.17 Å². The van der Waals surface area contributed by atoms with Crippen molar-refractivity contribution in [2.24, 2.45) is 9.39 Å². The molecule has 170 valence electrons.